The van der Waals surface area contributed by atoms with Gasteiger partial charge in [0.2, 0.25) is 0 Å². The van der Waals surface area contributed by atoms with Crippen LogP contribution < -0.4 is 4.74 Å². The molecule has 1 aromatic rings. The molecule has 2 N–H and O–H groups in total. The molecule has 8 heteroatoms. The summed E-state index contributed by atoms with van der Waals surface area (Å²) >= 11 is 6.34. The fourth-order valence-electron chi connectivity index (χ4n) is 2.59. The summed E-state index contributed by atoms with van der Waals surface area (Å²) in [6.45, 7) is 5.86. The summed E-state index contributed by atoms with van der Waals surface area (Å²) < 4.78 is 5.58. The Morgan fingerprint density at radius 1 is 1.42 bits per heavy atom. The second-order valence-electron chi connectivity index (χ2n) is 5.88. The molecule has 2 unspecified atom stereocenters. The first-order valence-corrected chi connectivity index (χ1v) is 9.48. The molecule has 1 aliphatic rings. The molecule has 0 radical (unpaired) electrons. The Bertz CT molecular complexity index is 762. The van der Waals surface area contributed by atoms with Crippen LogP contribution in [0.4, 0.5) is 0 Å². The van der Waals surface area contributed by atoms with Crippen molar-refractivity contribution in [1.29, 1.82) is 0 Å². The monoisotopic (exact) mass is 395 g/mol. The zero-order valence-electron chi connectivity index (χ0n) is 14.8. The average molecular weight is 396 g/mol. The summed E-state index contributed by atoms with van der Waals surface area (Å²) in [5.41, 5.74) is 0.655. The first-order chi connectivity index (χ1) is 12.3. The van der Waals surface area contributed by atoms with Crippen LogP contribution in [0.15, 0.2) is 23.1 Å². The number of hydrogen-bond donors (Lipinski definition) is 2. The van der Waals surface area contributed by atoms with E-state index in [-0.39, 0.29) is 16.0 Å². The van der Waals surface area contributed by atoms with Crippen LogP contribution in [0.3, 0.4) is 0 Å². The molecule has 2 atom stereocenters. The number of carboxylic acids is 1. The van der Waals surface area contributed by atoms with E-state index < -0.39 is 17.9 Å². The summed E-state index contributed by atoms with van der Waals surface area (Å²) in [6, 6.07) is 3.76. The van der Waals surface area contributed by atoms with E-state index in [2.05, 4.69) is 0 Å². The van der Waals surface area contributed by atoms with E-state index >= 15 is 0 Å². The molecule has 1 amide bonds. The molecule has 140 valence electrons. The highest BCUT2D eigenvalue weighted by Gasteiger charge is 2.42. The highest BCUT2D eigenvalue weighted by Crippen LogP contribution is 2.37. The van der Waals surface area contributed by atoms with Gasteiger partial charge in [0.1, 0.15) is 10.4 Å². The third kappa shape index (κ3) is 4.19. The number of rotatable bonds is 7. The number of benzene rings is 1. The minimum absolute atomic E-state index is 0.0132. The summed E-state index contributed by atoms with van der Waals surface area (Å²) in [4.78, 5) is 26.0. The minimum atomic E-state index is -1.07. The van der Waals surface area contributed by atoms with Crippen LogP contribution in [0, 0.1) is 5.92 Å². The molecule has 0 aromatic heterocycles. The molecule has 1 aliphatic heterocycles. The van der Waals surface area contributed by atoms with Crippen LogP contribution in [-0.4, -0.2) is 44.0 Å². The quantitative estimate of drug-likeness (QED) is 0.540. The normalized spacial score (nSPS) is 18.3. The van der Waals surface area contributed by atoms with E-state index in [0.29, 0.717) is 29.2 Å². The number of thioether (sulfide) groups is 1. The lowest BCUT2D eigenvalue weighted by atomic mass is 9.98. The number of ether oxygens (including phenoxy) is 1. The molecule has 0 bridgehead atoms. The van der Waals surface area contributed by atoms with Crippen molar-refractivity contribution >= 4 is 46.3 Å². The zero-order valence-corrected chi connectivity index (χ0v) is 16.4. The molecule has 0 aliphatic carbocycles. The van der Waals surface area contributed by atoms with E-state index in [4.69, 9.17) is 17.0 Å². The Hall–Kier alpha value is -2.06. The van der Waals surface area contributed by atoms with Gasteiger partial charge in [0.15, 0.2) is 11.5 Å². The molecule has 0 saturated carbocycles. The van der Waals surface area contributed by atoms with Gasteiger partial charge in [0, 0.05) is 0 Å². The number of aromatic hydroxyl groups is 1. The predicted molar refractivity (Wildman–Crippen MR) is 105 cm³/mol. The first kappa shape index (κ1) is 20.3. The van der Waals surface area contributed by atoms with Gasteiger partial charge in [-0.1, -0.05) is 50.3 Å². The van der Waals surface area contributed by atoms with Gasteiger partial charge in [0.25, 0.3) is 5.91 Å². The van der Waals surface area contributed by atoms with E-state index in [9.17, 15) is 19.8 Å². The predicted octanol–water partition coefficient (Wildman–Crippen LogP) is 3.49. The third-order valence-electron chi connectivity index (χ3n) is 4.12. The number of hydrogen-bond acceptors (Lipinski definition) is 6. The summed E-state index contributed by atoms with van der Waals surface area (Å²) in [7, 11) is 0. The average Bonchev–Trinajstić information content (AvgIpc) is 2.85. The molecule has 26 heavy (non-hydrogen) atoms. The third-order valence-corrected chi connectivity index (χ3v) is 5.45. The Morgan fingerprint density at radius 2 is 2.12 bits per heavy atom. The van der Waals surface area contributed by atoms with E-state index in [1.165, 1.54) is 11.0 Å². The molecule has 1 fully saturated rings. The van der Waals surface area contributed by atoms with E-state index in [0.717, 1.165) is 11.8 Å². The zero-order chi connectivity index (χ0) is 19.4. The highest BCUT2D eigenvalue weighted by atomic mass is 32.2. The van der Waals surface area contributed by atoms with Crippen LogP contribution >= 0.6 is 24.0 Å². The number of nitrogens with zero attached hydrogens (tertiary/aromatic N) is 1. The van der Waals surface area contributed by atoms with Crippen molar-refractivity contribution in [3.05, 3.63) is 28.7 Å². The van der Waals surface area contributed by atoms with Crippen molar-refractivity contribution < 1.29 is 24.5 Å². The van der Waals surface area contributed by atoms with Crippen molar-refractivity contribution in [2.24, 2.45) is 5.92 Å². The van der Waals surface area contributed by atoms with Crippen LogP contribution in [0.5, 0.6) is 11.5 Å². The van der Waals surface area contributed by atoms with Gasteiger partial charge in [-0.15, -0.1) is 0 Å². The summed E-state index contributed by atoms with van der Waals surface area (Å²) in [6.07, 6.45) is 2.24. The maximum atomic E-state index is 12.8. The number of phenolic OH excluding ortho intramolecular Hbond substituents is 1. The topological polar surface area (TPSA) is 87.1 Å². The molecule has 0 spiro atoms. The second kappa shape index (κ2) is 8.55. The number of aliphatic carboxylic acids is 1. The number of phenols is 1. The molecule has 1 aromatic carbocycles. The van der Waals surface area contributed by atoms with Crippen molar-refractivity contribution in [1.82, 2.24) is 4.90 Å². The smallest absolute Gasteiger partial charge is 0.327 e. The van der Waals surface area contributed by atoms with Crippen molar-refractivity contribution in [3.63, 3.8) is 0 Å². The lowest BCUT2D eigenvalue weighted by Crippen LogP contribution is -2.47. The van der Waals surface area contributed by atoms with Crippen molar-refractivity contribution in [2.45, 2.75) is 33.2 Å². The largest absolute Gasteiger partial charge is 0.504 e. The Balaban J connectivity index is 2.34. The van der Waals surface area contributed by atoms with E-state index in [1.54, 1.807) is 32.1 Å². The first-order valence-electron chi connectivity index (χ1n) is 8.25. The maximum Gasteiger partial charge on any atom is 0.327 e. The van der Waals surface area contributed by atoms with Gasteiger partial charge >= 0.3 is 5.97 Å². The van der Waals surface area contributed by atoms with Crippen LogP contribution in [0.1, 0.15) is 32.8 Å². The maximum absolute atomic E-state index is 12.8. The Morgan fingerprint density at radius 3 is 2.69 bits per heavy atom. The standard InChI is InChI=1S/C18H21NO5S2/c1-4-10(3)15(17(22)23)19-16(21)14(26-18(19)25)9-11-6-7-12(20)13(8-11)24-5-2/h6-10,15,20H,4-5H2,1-3H3,(H,22,23)/b14-9-. The number of carboxylic acid groups (broad SMARTS) is 1. The molecule has 1 saturated heterocycles. The molecule has 1 heterocycles. The number of carbonyl (C=O) groups excluding carboxylic acids is 1. The highest BCUT2D eigenvalue weighted by molar-refractivity contribution is 8.26. The van der Waals surface area contributed by atoms with E-state index in [1.807, 2.05) is 6.92 Å². The van der Waals surface area contributed by atoms with Crippen LogP contribution in [0.25, 0.3) is 6.08 Å². The molecular weight excluding hydrogens is 374 g/mol. The Labute approximate surface area is 161 Å². The molecule has 6 nitrogen and oxygen atoms in total. The minimum Gasteiger partial charge on any atom is -0.504 e. The fourth-order valence-corrected chi connectivity index (χ4v) is 3.92. The van der Waals surface area contributed by atoms with Gasteiger partial charge in [-0.25, -0.2) is 4.79 Å². The van der Waals surface area contributed by atoms with Crippen LogP contribution in [-0.2, 0) is 9.59 Å². The molecule has 2 rings (SSSR count). The lowest BCUT2D eigenvalue weighted by Gasteiger charge is -2.27. The fraction of sp³-hybridized carbons (Fsp3) is 0.389. The van der Waals surface area contributed by atoms with Crippen molar-refractivity contribution in [3.8, 4) is 11.5 Å². The number of carbonyl (C=O) groups is 2. The van der Waals surface area contributed by atoms with Crippen molar-refractivity contribution in [2.75, 3.05) is 6.61 Å². The lowest BCUT2D eigenvalue weighted by molar-refractivity contribution is -0.147. The molecular formula is C18H21NO5S2. The summed E-state index contributed by atoms with van der Waals surface area (Å²) in [5.74, 6) is -1.38. The summed E-state index contributed by atoms with van der Waals surface area (Å²) in [5, 5.41) is 19.3. The van der Waals surface area contributed by atoms with Gasteiger partial charge in [-0.05, 0) is 36.6 Å². The number of amides is 1. The van der Waals surface area contributed by atoms with Gasteiger partial charge < -0.3 is 14.9 Å². The van der Waals surface area contributed by atoms with Gasteiger partial charge in [-0.3, -0.25) is 9.69 Å². The van der Waals surface area contributed by atoms with Gasteiger partial charge in [-0.2, -0.15) is 0 Å². The second-order valence-corrected chi connectivity index (χ2v) is 7.56. The Kier molecular flexibility index (Phi) is 6.66. The SMILES string of the molecule is CCOc1cc(/C=C2\SC(=S)N(C(C(=O)O)C(C)CC)C2=O)ccc1O. The van der Waals surface area contributed by atoms with Crippen LogP contribution in [0.2, 0.25) is 0 Å². The number of thiocarbonyl (C=S) groups is 1. The van der Waals surface area contributed by atoms with Gasteiger partial charge in [0.05, 0.1) is 11.5 Å².